The number of nitrogens with zero attached hydrogens (tertiary/aromatic N) is 1. The first-order valence-electron chi connectivity index (χ1n) is 4.39. The van der Waals surface area contributed by atoms with Gasteiger partial charge in [0.1, 0.15) is 0 Å². The molecule has 1 aromatic carbocycles. The Labute approximate surface area is 100 Å². The summed E-state index contributed by atoms with van der Waals surface area (Å²) in [5.41, 5.74) is 0.696. The van der Waals surface area contributed by atoms with Crippen LogP contribution in [0.3, 0.4) is 0 Å². The Balaban J connectivity index is 2.34. The highest BCUT2D eigenvalue weighted by atomic mass is 79.9. The second kappa shape index (κ2) is 3.94. The molecule has 1 saturated heterocycles. The van der Waals surface area contributed by atoms with Crippen LogP contribution in [0.5, 0.6) is 0 Å². The number of anilines is 1. The van der Waals surface area contributed by atoms with E-state index < -0.39 is 5.91 Å². The predicted molar refractivity (Wildman–Crippen MR) is 61.1 cm³/mol. The van der Waals surface area contributed by atoms with Crippen molar-refractivity contribution in [2.45, 2.75) is 6.42 Å². The maximum atomic E-state index is 11.4. The number of carbonyl (C=O) groups is 2. The van der Waals surface area contributed by atoms with Crippen LogP contribution in [-0.4, -0.2) is 18.2 Å². The zero-order chi connectivity index (χ0) is 11.0. The molecule has 0 saturated carbocycles. The zero-order valence-corrected chi connectivity index (χ0v) is 10.0. The molecule has 15 heavy (non-hydrogen) atoms. The molecule has 0 bridgehead atoms. The first-order chi connectivity index (χ1) is 7.09. The fourth-order valence-corrected chi connectivity index (χ4v) is 1.96. The van der Waals surface area contributed by atoms with Crippen molar-refractivity contribution < 1.29 is 9.59 Å². The minimum absolute atomic E-state index is 0.291. The Bertz CT molecular complexity index is 447. The molecular formula is C10H7BrClNO2. The van der Waals surface area contributed by atoms with Gasteiger partial charge in [0.15, 0.2) is 0 Å². The Hall–Kier alpha value is -0.870. The molecule has 1 amide bonds. The highest BCUT2D eigenvalue weighted by Crippen LogP contribution is 2.29. The van der Waals surface area contributed by atoms with Crippen LogP contribution in [0.1, 0.15) is 6.42 Å². The summed E-state index contributed by atoms with van der Waals surface area (Å²) in [5.74, 6) is -0.773. The number of hydrogen-bond acceptors (Lipinski definition) is 2. The minimum atomic E-state index is -0.441. The summed E-state index contributed by atoms with van der Waals surface area (Å²) in [6.45, 7) is 0.450. The summed E-state index contributed by atoms with van der Waals surface area (Å²) in [7, 11) is 0. The van der Waals surface area contributed by atoms with E-state index in [1.54, 1.807) is 18.2 Å². The lowest BCUT2D eigenvalue weighted by Gasteiger charge is -2.14. The number of carbonyl (C=O) groups excluding carboxylic acids is 2. The van der Waals surface area contributed by atoms with Gasteiger partial charge < -0.3 is 4.90 Å². The van der Waals surface area contributed by atoms with E-state index in [-0.39, 0.29) is 5.78 Å². The largest absolute Gasteiger partial charge is 0.305 e. The number of halogens is 2. The lowest BCUT2D eigenvalue weighted by Crippen LogP contribution is -2.26. The summed E-state index contributed by atoms with van der Waals surface area (Å²) in [5, 5.41) is 0.580. The summed E-state index contributed by atoms with van der Waals surface area (Å²) >= 11 is 9.11. The third-order valence-electron chi connectivity index (χ3n) is 2.26. The Morgan fingerprint density at radius 1 is 1.33 bits per heavy atom. The maximum absolute atomic E-state index is 11.4. The molecule has 0 unspecified atom stereocenters. The molecule has 0 aliphatic carbocycles. The fraction of sp³-hybridized carbons (Fsp3) is 0.200. The normalized spacial score (nSPS) is 16.3. The fourth-order valence-electron chi connectivity index (χ4n) is 1.47. The molecule has 1 aromatic rings. The Morgan fingerprint density at radius 3 is 2.60 bits per heavy atom. The van der Waals surface area contributed by atoms with Crippen molar-refractivity contribution in [2.75, 3.05) is 11.4 Å². The maximum Gasteiger partial charge on any atom is 0.294 e. The molecular weight excluding hydrogens is 281 g/mol. The molecule has 78 valence electrons. The molecule has 1 fully saturated rings. The van der Waals surface area contributed by atoms with E-state index in [1.165, 1.54) is 4.90 Å². The number of amides is 1. The van der Waals surface area contributed by atoms with Crippen molar-refractivity contribution in [1.29, 1.82) is 0 Å². The van der Waals surface area contributed by atoms with Gasteiger partial charge in [-0.25, -0.2) is 0 Å². The number of rotatable bonds is 1. The third-order valence-corrected chi connectivity index (χ3v) is 3.47. The van der Waals surface area contributed by atoms with E-state index >= 15 is 0 Å². The molecule has 0 spiro atoms. The van der Waals surface area contributed by atoms with Crippen LogP contribution in [0.25, 0.3) is 0 Å². The molecule has 0 N–H and O–H groups in total. The zero-order valence-electron chi connectivity index (χ0n) is 7.67. The Morgan fingerprint density at radius 2 is 2.07 bits per heavy atom. The molecule has 3 nitrogen and oxygen atoms in total. The monoisotopic (exact) mass is 287 g/mol. The molecule has 0 aromatic heterocycles. The van der Waals surface area contributed by atoms with Crippen molar-refractivity contribution in [3.63, 3.8) is 0 Å². The summed E-state index contributed by atoms with van der Waals surface area (Å²) in [4.78, 5) is 24.0. The first kappa shape index (κ1) is 10.6. The van der Waals surface area contributed by atoms with Gasteiger partial charge in [-0.3, -0.25) is 9.59 Å². The molecule has 1 aliphatic rings. The van der Waals surface area contributed by atoms with Gasteiger partial charge in [0.2, 0.25) is 5.78 Å². The van der Waals surface area contributed by atoms with Crippen LogP contribution >= 0.6 is 27.5 Å². The van der Waals surface area contributed by atoms with E-state index in [2.05, 4.69) is 15.9 Å². The van der Waals surface area contributed by atoms with E-state index in [0.29, 0.717) is 28.1 Å². The van der Waals surface area contributed by atoms with E-state index in [9.17, 15) is 9.59 Å². The van der Waals surface area contributed by atoms with Gasteiger partial charge in [0, 0.05) is 23.1 Å². The molecule has 1 heterocycles. The van der Waals surface area contributed by atoms with Gasteiger partial charge in [0.25, 0.3) is 5.91 Å². The predicted octanol–water partition coefficient (Wildman–Crippen LogP) is 2.41. The number of ketones is 1. The average Bonchev–Trinajstić information content (AvgIpc) is 2.53. The van der Waals surface area contributed by atoms with Gasteiger partial charge in [-0.15, -0.1) is 0 Å². The quantitative estimate of drug-likeness (QED) is 0.744. The highest BCUT2D eigenvalue weighted by Gasteiger charge is 2.30. The van der Waals surface area contributed by atoms with Crippen molar-refractivity contribution in [1.82, 2.24) is 0 Å². The highest BCUT2D eigenvalue weighted by molar-refractivity contribution is 9.10. The number of Topliss-reactive ketones (excluding diaryl/α,β-unsaturated/α-hetero) is 1. The lowest BCUT2D eigenvalue weighted by molar-refractivity contribution is -0.133. The van der Waals surface area contributed by atoms with E-state index in [0.717, 1.165) is 0 Å². The van der Waals surface area contributed by atoms with Gasteiger partial charge >= 0.3 is 0 Å². The van der Waals surface area contributed by atoms with Crippen molar-refractivity contribution in [3.05, 3.63) is 27.7 Å². The van der Waals surface area contributed by atoms with Gasteiger partial charge in [0.05, 0.1) is 5.02 Å². The standard InChI is InChI=1S/C10H7BrClNO2/c11-7-5-6(1-2-8(7)12)13-4-3-9(14)10(13)15/h1-2,5H,3-4H2. The van der Waals surface area contributed by atoms with E-state index in [1.807, 2.05) is 0 Å². The van der Waals surface area contributed by atoms with Crippen LogP contribution < -0.4 is 4.90 Å². The summed E-state index contributed by atoms with van der Waals surface area (Å²) in [6.07, 6.45) is 0.291. The van der Waals surface area contributed by atoms with Crippen molar-refractivity contribution in [2.24, 2.45) is 0 Å². The average molecular weight is 289 g/mol. The number of benzene rings is 1. The molecule has 0 radical (unpaired) electrons. The second-order valence-corrected chi connectivity index (χ2v) is 4.49. The van der Waals surface area contributed by atoms with Crippen LogP contribution in [-0.2, 0) is 9.59 Å². The summed E-state index contributed by atoms with van der Waals surface area (Å²) in [6, 6.07) is 5.15. The third kappa shape index (κ3) is 1.92. The van der Waals surface area contributed by atoms with Crippen LogP contribution in [0.2, 0.25) is 5.02 Å². The number of hydrogen-bond donors (Lipinski definition) is 0. The van der Waals surface area contributed by atoms with Crippen LogP contribution in [0, 0.1) is 0 Å². The van der Waals surface area contributed by atoms with Gasteiger partial charge in [-0.2, -0.15) is 0 Å². The first-order valence-corrected chi connectivity index (χ1v) is 5.56. The minimum Gasteiger partial charge on any atom is -0.305 e. The smallest absolute Gasteiger partial charge is 0.294 e. The molecule has 2 rings (SSSR count). The van der Waals surface area contributed by atoms with Gasteiger partial charge in [-0.1, -0.05) is 11.6 Å². The van der Waals surface area contributed by atoms with Crippen LogP contribution in [0.15, 0.2) is 22.7 Å². The molecule has 5 heteroatoms. The van der Waals surface area contributed by atoms with E-state index in [4.69, 9.17) is 11.6 Å². The van der Waals surface area contributed by atoms with Crippen molar-refractivity contribution >= 4 is 44.9 Å². The summed E-state index contributed by atoms with van der Waals surface area (Å²) < 4.78 is 0.716. The topological polar surface area (TPSA) is 37.4 Å². The molecule has 0 atom stereocenters. The second-order valence-electron chi connectivity index (χ2n) is 3.23. The van der Waals surface area contributed by atoms with Gasteiger partial charge in [-0.05, 0) is 34.1 Å². The molecule has 1 aliphatic heterocycles. The van der Waals surface area contributed by atoms with Crippen LogP contribution in [0.4, 0.5) is 5.69 Å². The lowest BCUT2D eigenvalue weighted by atomic mass is 10.3. The Kier molecular flexibility index (Phi) is 2.80. The SMILES string of the molecule is O=C1CCN(c2ccc(Cl)c(Br)c2)C1=O. The van der Waals surface area contributed by atoms with Crippen molar-refractivity contribution in [3.8, 4) is 0 Å².